The molecule has 2 saturated heterocycles. The van der Waals surface area contributed by atoms with Crippen LogP contribution in [0.25, 0.3) is 0 Å². The van der Waals surface area contributed by atoms with Crippen LogP contribution in [0, 0.1) is 0 Å². The lowest BCUT2D eigenvalue weighted by Gasteiger charge is -2.51. The maximum absolute atomic E-state index is 11.2. The maximum Gasteiger partial charge on any atom is 0.115 e. The van der Waals surface area contributed by atoms with E-state index in [1.54, 1.807) is 12.4 Å². The van der Waals surface area contributed by atoms with Gasteiger partial charge in [-0.1, -0.05) is 30.3 Å². The van der Waals surface area contributed by atoms with Crippen LogP contribution in [0.2, 0.25) is 0 Å². The first kappa shape index (κ1) is 14.8. The standard InChI is InChI=1S/C18H21N3O2/c22-18(15-8-19-13-20-9-15)6-16-11-23-12-17(7-18)21(16)10-14-4-2-1-3-5-14/h1-5,8-9,13,16-17,22H,6-7,10-12H2. The van der Waals surface area contributed by atoms with Gasteiger partial charge in [0.05, 0.1) is 18.8 Å². The molecular formula is C18H21N3O2. The highest BCUT2D eigenvalue weighted by atomic mass is 16.5. The summed E-state index contributed by atoms with van der Waals surface area (Å²) < 4.78 is 5.75. The molecule has 2 bridgehead atoms. The number of fused-ring (bicyclic) bond motifs is 2. The summed E-state index contributed by atoms with van der Waals surface area (Å²) in [4.78, 5) is 10.6. The summed E-state index contributed by atoms with van der Waals surface area (Å²) in [6.07, 6.45) is 6.28. The van der Waals surface area contributed by atoms with Crippen molar-refractivity contribution in [2.75, 3.05) is 13.2 Å². The largest absolute Gasteiger partial charge is 0.385 e. The zero-order valence-electron chi connectivity index (χ0n) is 13.0. The fourth-order valence-electron chi connectivity index (χ4n) is 3.87. The number of piperidine rings is 1. The Morgan fingerprint density at radius 3 is 2.39 bits per heavy atom. The van der Waals surface area contributed by atoms with E-state index in [0.29, 0.717) is 26.1 Å². The van der Waals surface area contributed by atoms with E-state index in [4.69, 9.17) is 4.74 Å². The van der Waals surface area contributed by atoms with E-state index in [1.807, 2.05) is 6.07 Å². The second-order valence-corrected chi connectivity index (χ2v) is 6.57. The van der Waals surface area contributed by atoms with Crippen LogP contribution in [0.3, 0.4) is 0 Å². The van der Waals surface area contributed by atoms with Crippen molar-refractivity contribution in [1.29, 1.82) is 0 Å². The molecule has 0 radical (unpaired) electrons. The fraction of sp³-hybridized carbons (Fsp3) is 0.444. The normalized spacial score (nSPS) is 31.0. The molecule has 0 aliphatic carbocycles. The van der Waals surface area contributed by atoms with E-state index in [-0.39, 0.29) is 12.1 Å². The summed E-state index contributed by atoms with van der Waals surface area (Å²) in [5.74, 6) is 0. The predicted octanol–water partition coefficient (Wildman–Crippen LogP) is 1.73. The van der Waals surface area contributed by atoms with Crippen LogP contribution in [0.1, 0.15) is 24.0 Å². The maximum atomic E-state index is 11.2. The van der Waals surface area contributed by atoms with Gasteiger partial charge in [-0.2, -0.15) is 0 Å². The number of hydrogen-bond acceptors (Lipinski definition) is 5. The molecular weight excluding hydrogens is 290 g/mol. The number of ether oxygens (including phenoxy) is 1. The van der Waals surface area contributed by atoms with Crippen LogP contribution in [-0.4, -0.2) is 45.3 Å². The van der Waals surface area contributed by atoms with Crippen LogP contribution in [0.4, 0.5) is 0 Å². The molecule has 2 aliphatic rings. The number of benzene rings is 1. The Kier molecular flexibility index (Phi) is 3.85. The first-order valence-electron chi connectivity index (χ1n) is 8.10. The third kappa shape index (κ3) is 2.87. The Balaban J connectivity index is 1.57. The molecule has 0 spiro atoms. The molecule has 120 valence electrons. The van der Waals surface area contributed by atoms with Gasteiger partial charge in [-0.3, -0.25) is 4.90 Å². The minimum atomic E-state index is -0.854. The average molecular weight is 311 g/mol. The van der Waals surface area contributed by atoms with Gasteiger partial charge < -0.3 is 9.84 Å². The smallest absolute Gasteiger partial charge is 0.115 e. The van der Waals surface area contributed by atoms with Gasteiger partial charge in [0.25, 0.3) is 0 Å². The number of hydrogen-bond donors (Lipinski definition) is 1. The highest BCUT2D eigenvalue weighted by molar-refractivity contribution is 5.20. The summed E-state index contributed by atoms with van der Waals surface area (Å²) in [6.45, 7) is 2.24. The van der Waals surface area contributed by atoms with Gasteiger partial charge in [-0.05, 0) is 18.4 Å². The molecule has 1 aromatic carbocycles. The fourth-order valence-corrected chi connectivity index (χ4v) is 3.87. The Morgan fingerprint density at radius 1 is 1.09 bits per heavy atom. The van der Waals surface area contributed by atoms with Crippen LogP contribution < -0.4 is 0 Å². The van der Waals surface area contributed by atoms with Gasteiger partial charge >= 0.3 is 0 Å². The number of aromatic nitrogens is 2. The Bertz CT molecular complexity index is 636. The summed E-state index contributed by atoms with van der Waals surface area (Å²) in [7, 11) is 0. The monoisotopic (exact) mass is 311 g/mol. The van der Waals surface area contributed by atoms with Crippen molar-refractivity contribution in [3.8, 4) is 0 Å². The van der Waals surface area contributed by atoms with E-state index in [0.717, 1.165) is 12.1 Å². The predicted molar refractivity (Wildman–Crippen MR) is 85.5 cm³/mol. The van der Waals surface area contributed by atoms with Crippen molar-refractivity contribution in [3.05, 3.63) is 60.2 Å². The Labute approximate surface area is 136 Å². The summed E-state index contributed by atoms with van der Waals surface area (Å²) in [6, 6.07) is 10.9. The molecule has 5 heteroatoms. The molecule has 4 rings (SSSR count). The van der Waals surface area contributed by atoms with Crippen LogP contribution in [-0.2, 0) is 16.9 Å². The minimum absolute atomic E-state index is 0.216. The van der Waals surface area contributed by atoms with E-state index in [9.17, 15) is 5.11 Å². The second kappa shape index (κ2) is 6.00. The third-order valence-electron chi connectivity index (χ3n) is 5.01. The summed E-state index contributed by atoms with van der Waals surface area (Å²) >= 11 is 0. The number of aliphatic hydroxyl groups is 1. The molecule has 2 aliphatic heterocycles. The first-order valence-corrected chi connectivity index (χ1v) is 8.10. The van der Waals surface area contributed by atoms with Crippen molar-refractivity contribution in [2.45, 2.75) is 37.1 Å². The lowest BCUT2D eigenvalue weighted by molar-refractivity contribution is -0.149. The molecule has 0 amide bonds. The second-order valence-electron chi connectivity index (χ2n) is 6.57. The van der Waals surface area contributed by atoms with E-state index in [1.165, 1.54) is 11.9 Å². The molecule has 0 saturated carbocycles. The van der Waals surface area contributed by atoms with Gasteiger partial charge in [-0.25, -0.2) is 9.97 Å². The highest BCUT2D eigenvalue weighted by Crippen LogP contribution is 2.41. The number of morpholine rings is 1. The van der Waals surface area contributed by atoms with Crippen molar-refractivity contribution in [2.24, 2.45) is 0 Å². The van der Waals surface area contributed by atoms with Crippen molar-refractivity contribution in [3.63, 3.8) is 0 Å². The Morgan fingerprint density at radius 2 is 1.74 bits per heavy atom. The Hall–Kier alpha value is -1.82. The molecule has 1 N–H and O–H groups in total. The molecule has 5 nitrogen and oxygen atoms in total. The van der Waals surface area contributed by atoms with Crippen molar-refractivity contribution in [1.82, 2.24) is 14.9 Å². The first-order chi connectivity index (χ1) is 11.2. The molecule has 2 fully saturated rings. The van der Waals surface area contributed by atoms with Gasteiger partial charge in [0, 0.05) is 36.6 Å². The average Bonchev–Trinajstić information content (AvgIpc) is 2.58. The van der Waals surface area contributed by atoms with E-state index in [2.05, 4.69) is 39.1 Å². The highest BCUT2D eigenvalue weighted by Gasteiger charge is 2.47. The lowest BCUT2D eigenvalue weighted by atomic mass is 9.77. The van der Waals surface area contributed by atoms with Gasteiger partial charge in [0.2, 0.25) is 0 Å². The van der Waals surface area contributed by atoms with Crippen molar-refractivity contribution < 1.29 is 9.84 Å². The molecule has 2 aromatic rings. The topological polar surface area (TPSA) is 58.5 Å². The SMILES string of the molecule is OC1(c2cncnc2)CC2COCC(C1)N2Cc1ccccc1. The van der Waals surface area contributed by atoms with Crippen LogP contribution in [0.5, 0.6) is 0 Å². The zero-order chi connectivity index (χ0) is 15.7. The summed E-state index contributed by atoms with van der Waals surface area (Å²) in [5, 5.41) is 11.2. The summed E-state index contributed by atoms with van der Waals surface area (Å²) in [5.41, 5.74) is 1.27. The zero-order valence-corrected chi connectivity index (χ0v) is 13.0. The van der Waals surface area contributed by atoms with Crippen LogP contribution >= 0.6 is 0 Å². The molecule has 23 heavy (non-hydrogen) atoms. The van der Waals surface area contributed by atoms with Gasteiger partial charge in [0.15, 0.2) is 0 Å². The molecule has 3 heterocycles. The van der Waals surface area contributed by atoms with E-state index >= 15 is 0 Å². The van der Waals surface area contributed by atoms with Gasteiger partial charge in [-0.15, -0.1) is 0 Å². The van der Waals surface area contributed by atoms with Crippen LogP contribution in [0.15, 0.2) is 49.1 Å². The number of nitrogens with zero attached hydrogens (tertiary/aromatic N) is 3. The third-order valence-corrected chi connectivity index (χ3v) is 5.01. The quantitative estimate of drug-likeness (QED) is 0.935. The minimum Gasteiger partial charge on any atom is -0.385 e. The molecule has 2 unspecified atom stereocenters. The van der Waals surface area contributed by atoms with Crippen molar-refractivity contribution >= 4 is 0 Å². The molecule has 2 atom stereocenters. The number of rotatable bonds is 3. The lowest BCUT2D eigenvalue weighted by Crippen LogP contribution is -2.60. The van der Waals surface area contributed by atoms with Gasteiger partial charge in [0.1, 0.15) is 6.33 Å². The molecule has 1 aromatic heterocycles. The van der Waals surface area contributed by atoms with E-state index < -0.39 is 5.60 Å².